The molecule has 25 heavy (non-hydrogen) atoms. The van der Waals surface area contributed by atoms with Gasteiger partial charge in [-0.2, -0.15) is 0 Å². The largest absolute Gasteiger partial charge is 0.506 e. The number of hydrogen-bond donors (Lipinski definition) is 1. The Balaban J connectivity index is 1.35. The third-order valence-corrected chi connectivity index (χ3v) is 5.22. The first-order valence-electron chi connectivity index (χ1n) is 8.70. The van der Waals surface area contributed by atoms with Crippen molar-refractivity contribution in [1.82, 2.24) is 4.90 Å². The van der Waals surface area contributed by atoms with Crippen LogP contribution < -0.4 is 4.90 Å². The van der Waals surface area contributed by atoms with Gasteiger partial charge in [0.15, 0.2) is 0 Å². The highest BCUT2D eigenvalue weighted by atomic mass is 19.1. The predicted molar refractivity (Wildman–Crippen MR) is 94.1 cm³/mol. The fraction of sp³-hybridized carbons (Fsp3) is 0.350. The van der Waals surface area contributed by atoms with Crippen molar-refractivity contribution < 1.29 is 14.3 Å². The number of anilines is 1. The van der Waals surface area contributed by atoms with Crippen LogP contribution in [0.25, 0.3) is 0 Å². The molecular formula is C20H21FN2O2. The summed E-state index contributed by atoms with van der Waals surface area (Å²) >= 11 is 0. The number of carbonyl (C=O) groups is 1. The number of rotatable bonds is 3. The summed E-state index contributed by atoms with van der Waals surface area (Å²) in [6.07, 6.45) is 0.851. The number of piperazine rings is 1. The van der Waals surface area contributed by atoms with Crippen LogP contribution in [-0.4, -0.2) is 42.1 Å². The van der Waals surface area contributed by atoms with E-state index < -0.39 is 0 Å². The average Bonchev–Trinajstić information content (AvgIpc) is 3.43. The fourth-order valence-corrected chi connectivity index (χ4v) is 3.68. The van der Waals surface area contributed by atoms with E-state index in [2.05, 4.69) is 4.90 Å². The van der Waals surface area contributed by atoms with Crippen LogP contribution in [0.3, 0.4) is 0 Å². The molecule has 2 aliphatic rings. The maximum absolute atomic E-state index is 13.0. The summed E-state index contributed by atoms with van der Waals surface area (Å²) in [6.45, 7) is 2.77. The molecular weight excluding hydrogens is 319 g/mol. The minimum absolute atomic E-state index is 0.0298. The molecule has 0 spiro atoms. The van der Waals surface area contributed by atoms with E-state index in [1.54, 1.807) is 24.3 Å². The molecule has 0 aromatic heterocycles. The Morgan fingerprint density at radius 2 is 1.68 bits per heavy atom. The first-order valence-corrected chi connectivity index (χ1v) is 8.70. The highest BCUT2D eigenvalue weighted by Crippen LogP contribution is 2.48. The van der Waals surface area contributed by atoms with E-state index in [4.69, 9.17) is 0 Å². The van der Waals surface area contributed by atoms with Crippen LogP contribution in [0.15, 0.2) is 48.5 Å². The number of benzene rings is 2. The normalized spacial score (nSPS) is 22.8. The molecule has 1 aliphatic carbocycles. The Bertz CT molecular complexity index is 770. The average molecular weight is 340 g/mol. The van der Waals surface area contributed by atoms with Crippen molar-refractivity contribution in [2.45, 2.75) is 12.3 Å². The van der Waals surface area contributed by atoms with Gasteiger partial charge in [0.1, 0.15) is 11.6 Å². The number of carbonyl (C=O) groups excluding carboxylic acids is 1. The van der Waals surface area contributed by atoms with Gasteiger partial charge in [0, 0.05) is 32.1 Å². The molecule has 0 unspecified atom stereocenters. The molecule has 1 amide bonds. The van der Waals surface area contributed by atoms with Crippen LogP contribution in [-0.2, 0) is 4.79 Å². The second-order valence-corrected chi connectivity index (χ2v) is 6.80. The topological polar surface area (TPSA) is 43.8 Å². The smallest absolute Gasteiger partial charge is 0.226 e. The minimum Gasteiger partial charge on any atom is -0.506 e. The number of hydrogen-bond acceptors (Lipinski definition) is 3. The van der Waals surface area contributed by atoms with E-state index in [0.717, 1.165) is 30.8 Å². The van der Waals surface area contributed by atoms with Crippen molar-refractivity contribution >= 4 is 11.6 Å². The van der Waals surface area contributed by atoms with Gasteiger partial charge in [-0.1, -0.05) is 24.3 Å². The maximum atomic E-state index is 13.0. The third-order valence-electron chi connectivity index (χ3n) is 5.22. The second-order valence-electron chi connectivity index (χ2n) is 6.80. The Hall–Kier alpha value is -2.56. The van der Waals surface area contributed by atoms with E-state index in [0.29, 0.717) is 13.1 Å². The van der Waals surface area contributed by atoms with Gasteiger partial charge in [-0.3, -0.25) is 4.79 Å². The summed E-state index contributed by atoms with van der Waals surface area (Å²) in [5, 5.41) is 9.97. The van der Waals surface area contributed by atoms with Crippen LogP contribution in [0.4, 0.5) is 10.1 Å². The summed E-state index contributed by atoms with van der Waals surface area (Å²) in [5.74, 6) is 0.492. The van der Waals surface area contributed by atoms with Crippen molar-refractivity contribution in [3.8, 4) is 5.75 Å². The Morgan fingerprint density at radius 1 is 1.00 bits per heavy atom. The van der Waals surface area contributed by atoms with Crippen LogP contribution in [0.5, 0.6) is 5.75 Å². The number of para-hydroxylation sites is 2. The molecule has 2 aromatic rings. The molecule has 2 fully saturated rings. The molecule has 130 valence electrons. The quantitative estimate of drug-likeness (QED) is 0.934. The molecule has 1 saturated heterocycles. The third kappa shape index (κ3) is 3.18. The molecule has 1 heterocycles. The van der Waals surface area contributed by atoms with Crippen LogP contribution >= 0.6 is 0 Å². The molecule has 4 rings (SSSR count). The number of aromatic hydroxyl groups is 1. The van der Waals surface area contributed by atoms with Gasteiger partial charge in [-0.05, 0) is 42.2 Å². The lowest BCUT2D eigenvalue weighted by Crippen LogP contribution is -2.49. The van der Waals surface area contributed by atoms with E-state index in [1.165, 1.54) is 12.1 Å². The van der Waals surface area contributed by atoms with Gasteiger partial charge in [0.2, 0.25) is 5.91 Å². The van der Waals surface area contributed by atoms with Crippen LogP contribution in [0.2, 0.25) is 0 Å². The van der Waals surface area contributed by atoms with Crippen LogP contribution in [0.1, 0.15) is 17.9 Å². The molecule has 0 bridgehead atoms. The number of nitrogens with zero attached hydrogens (tertiary/aromatic N) is 2. The van der Waals surface area contributed by atoms with Crippen molar-refractivity contribution in [3.63, 3.8) is 0 Å². The summed E-state index contributed by atoms with van der Waals surface area (Å²) in [7, 11) is 0. The van der Waals surface area contributed by atoms with E-state index in [1.807, 2.05) is 17.0 Å². The lowest BCUT2D eigenvalue weighted by Gasteiger charge is -2.36. The lowest BCUT2D eigenvalue weighted by atomic mass is 10.1. The van der Waals surface area contributed by atoms with Crippen molar-refractivity contribution in [3.05, 3.63) is 59.9 Å². The van der Waals surface area contributed by atoms with Gasteiger partial charge in [-0.15, -0.1) is 0 Å². The summed E-state index contributed by atoms with van der Waals surface area (Å²) in [4.78, 5) is 16.7. The molecule has 2 aromatic carbocycles. The molecule has 4 nitrogen and oxygen atoms in total. The molecule has 5 heteroatoms. The van der Waals surface area contributed by atoms with Crippen LogP contribution in [0, 0.1) is 11.7 Å². The summed E-state index contributed by atoms with van der Waals surface area (Å²) in [6, 6.07) is 13.8. The summed E-state index contributed by atoms with van der Waals surface area (Å²) in [5.41, 5.74) is 1.87. The van der Waals surface area contributed by atoms with Gasteiger partial charge >= 0.3 is 0 Å². The zero-order valence-corrected chi connectivity index (χ0v) is 13.9. The number of amides is 1. The monoisotopic (exact) mass is 340 g/mol. The summed E-state index contributed by atoms with van der Waals surface area (Å²) < 4.78 is 13.0. The zero-order valence-electron chi connectivity index (χ0n) is 13.9. The minimum atomic E-state index is -0.243. The van der Waals surface area contributed by atoms with Crippen molar-refractivity contribution in [2.24, 2.45) is 5.92 Å². The van der Waals surface area contributed by atoms with Gasteiger partial charge < -0.3 is 14.9 Å². The van der Waals surface area contributed by atoms with Crippen molar-refractivity contribution in [1.29, 1.82) is 0 Å². The molecule has 1 saturated carbocycles. The Kier molecular flexibility index (Phi) is 4.07. The highest BCUT2D eigenvalue weighted by molar-refractivity contribution is 5.83. The van der Waals surface area contributed by atoms with Crippen molar-refractivity contribution in [2.75, 3.05) is 31.1 Å². The standard InChI is InChI=1S/C20H21FN2O2/c21-15-7-5-14(6-8-15)16-13-17(16)20(25)23-11-9-22(10-12-23)18-3-1-2-4-19(18)24/h1-8,16-17,24H,9-13H2/t16-,17+/m0/s1. The Labute approximate surface area is 146 Å². The predicted octanol–water partition coefficient (Wildman–Crippen LogP) is 2.98. The maximum Gasteiger partial charge on any atom is 0.226 e. The number of halogens is 1. The second kappa shape index (κ2) is 6.39. The first-order chi connectivity index (χ1) is 12.1. The van der Waals surface area contributed by atoms with Gasteiger partial charge in [0.05, 0.1) is 5.69 Å². The molecule has 2 atom stereocenters. The van der Waals surface area contributed by atoms with E-state index in [9.17, 15) is 14.3 Å². The lowest BCUT2D eigenvalue weighted by molar-refractivity contribution is -0.132. The van der Waals surface area contributed by atoms with Gasteiger partial charge in [0.25, 0.3) is 0 Å². The SMILES string of the molecule is O=C([C@@H]1C[C@H]1c1ccc(F)cc1)N1CCN(c2ccccc2O)CC1. The molecule has 1 aliphatic heterocycles. The fourth-order valence-electron chi connectivity index (χ4n) is 3.68. The van der Waals surface area contributed by atoms with E-state index >= 15 is 0 Å². The Morgan fingerprint density at radius 3 is 2.36 bits per heavy atom. The zero-order chi connectivity index (χ0) is 17.4. The van der Waals surface area contributed by atoms with Gasteiger partial charge in [-0.25, -0.2) is 4.39 Å². The first kappa shape index (κ1) is 15.9. The molecule has 0 radical (unpaired) electrons. The number of phenolic OH excluding ortho intramolecular Hbond substituents is 1. The highest BCUT2D eigenvalue weighted by Gasteiger charge is 2.46. The number of phenols is 1. The molecule has 1 N–H and O–H groups in total. The van der Waals surface area contributed by atoms with E-state index in [-0.39, 0.29) is 29.3 Å².